The summed E-state index contributed by atoms with van der Waals surface area (Å²) in [7, 11) is 2.10. The van der Waals surface area contributed by atoms with Crippen molar-refractivity contribution in [1.82, 2.24) is 24.4 Å². The van der Waals surface area contributed by atoms with Crippen LogP contribution in [0.15, 0.2) is 30.5 Å². The van der Waals surface area contributed by atoms with E-state index in [1.807, 2.05) is 12.3 Å². The summed E-state index contributed by atoms with van der Waals surface area (Å²) in [6.45, 7) is 4.03. The summed E-state index contributed by atoms with van der Waals surface area (Å²) in [5.74, 6) is 2.21. The number of likely N-dealkylation sites (tertiary alicyclic amines) is 1. The van der Waals surface area contributed by atoms with Crippen LogP contribution in [0.25, 0.3) is 11.0 Å². The Kier molecular flexibility index (Phi) is 3.22. The zero-order chi connectivity index (χ0) is 15.1. The summed E-state index contributed by atoms with van der Waals surface area (Å²) in [4.78, 5) is 15.2. The van der Waals surface area contributed by atoms with E-state index in [-0.39, 0.29) is 0 Å². The molecule has 5 nitrogen and oxygen atoms in total. The third-order valence-corrected chi connectivity index (χ3v) is 4.63. The van der Waals surface area contributed by atoms with Gasteiger partial charge in [-0.2, -0.15) is 0 Å². The number of fused-ring (bicyclic) bond motifs is 1. The van der Waals surface area contributed by atoms with Crippen molar-refractivity contribution >= 4 is 11.0 Å². The lowest BCUT2D eigenvalue weighted by Crippen LogP contribution is -2.25. The van der Waals surface area contributed by atoms with Crippen molar-refractivity contribution < 1.29 is 0 Å². The van der Waals surface area contributed by atoms with Crippen molar-refractivity contribution in [3.63, 3.8) is 0 Å². The van der Waals surface area contributed by atoms with Crippen molar-refractivity contribution in [2.24, 2.45) is 7.05 Å². The van der Waals surface area contributed by atoms with Crippen LogP contribution in [0.4, 0.5) is 0 Å². The smallest absolute Gasteiger partial charge is 0.123 e. The molecule has 1 saturated heterocycles. The van der Waals surface area contributed by atoms with Gasteiger partial charge in [-0.3, -0.25) is 4.90 Å². The van der Waals surface area contributed by atoms with Gasteiger partial charge in [0.25, 0.3) is 0 Å². The molecule has 1 aromatic carbocycles. The van der Waals surface area contributed by atoms with E-state index in [2.05, 4.69) is 51.6 Å². The molecule has 1 fully saturated rings. The van der Waals surface area contributed by atoms with Crippen molar-refractivity contribution in [3.8, 4) is 0 Å². The molecule has 3 aromatic rings. The van der Waals surface area contributed by atoms with E-state index in [0.717, 1.165) is 42.4 Å². The van der Waals surface area contributed by atoms with Gasteiger partial charge in [-0.1, -0.05) is 12.1 Å². The van der Waals surface area contributed by atoms with E-state index in [4.69, 9.17) is 4.98 Å². The van der Waals surface area contributed by atoms with Gasteiger partial charge in [0.15, 0.2) is 0 Å². The fourth-order valence-corrected chi connectivity index (χ4v) is 3.45. The number of aryl methyl sites for hydroxylation is 2. The maximum Gasteiger partial charge on any atom is 0.123 e. The van der Waals surface area contributed by atoms with Gasteiger partial charge >= 0.3 is 0 Å². The zero-order valence-electron chi connectivity index (χ0n) is 13.1. The fraction of sp³-hybridized carbons (Fsp3) is 0.412. The van der Waals surface area contributed by atoms with Gasteiger partial charge in [0, 0.05) is 18.9 Å². The Hall–Kier alpha value is -2.14. The first kappa shape index (κ1) is 13.5. The minimum absolute atomic E-state index is 0.383. The van der Waals surface area contributed by atoms with Crippen molar-refractivity contribution in [2.45, 2.75) is 32.4 Å². The van der Waals surface area contributed by atoms with E-state index in [1.54, 1.807) is 0 Å². The summed E-state index contributed by atoms with van der Waals surface area (Å²) >= 11 is 0. The highest BCUT2D eigenvalue weighted by molar-refractivity contribution is 5.75. The molecule has 114 valence electrons. The summed E-state index contributed by atoms with van der Waals surface area (Å²) in [5.41, 5.74) is 3.40. The maximum atomic E-state index is 4.80. The number of aromatic nitrogens is 4. The first-order valence-corrected chi connectivity index (χ1v) is 7.88. The Balaban J connectivity index is 1.62. The molecule has 0 radical (unpaired) electrons. The molecule has 0 amide bonds. The van der Waals surface area contributed by atoms with Crippen LogP contribution in [-0.2, 0) is 13.6 Å². The van der Waals surface area contributed by atoms with E-state index < -0.39 is 0 Å². The van der Waals surface area contributed by atoms with E-state index in [9.17, 15) is 0 Å². The highest BCUT2D eigenvalue weighted by Crippen LogP contribution is 2.31. The molecular formula is C17H21N5. The minimum Gasteiger partial charge on any atom is -0.345 e. The number of H-pyrrole nitrogens is 1. The van der Waals surface area contributed by atoms with Crippen LogP contribution in [0.2, 0.25) is 0 Å². The van der Waals surface area contributed by atoms with Gasteiger partial charge in [-0.15, -0.1) is 0 Å². The molecule has 1 unspecified atom stereocenters. The Morgan fingerprint density at radius 3 is 2.95 bits per heavy atom. The molecule has 1 N–H and O–H groups in total. The lowest BCUT2D eigenvalue weighted by molar-refractivity contribution is 0.233. The number of rotatable bonds is 3. The molecule has 1 atom stereocenters. The number of nitrogens with one attached hydrogen (secondary N) is 1. The summed E-state index contributed by atoms with van der Waals surface area (Å²) in [6, 6.07) is 8.70. The molecule has 0 aliphatic carbocycles. The van der Waals surface area contributed by atoms with Crippen LogP contribution >= 0.6 is 0 Å². The standard InChI is InChI=1S/C17H21N5/c1-12-10-18-17(19-12)15-8-5-9-22(15)11-16-20-13-6-3-4-7-14(13)21(16)2/h3-4,6-7,10,15H,5,8-9,11H2,1-2H3,(H,18,19). The number of para-hydroxylation sites is 2. The van der Waals surface area contributed by atoms with Crippen molar-refractivity contribution in [1.29, 1.82) is 0 Å². The molecule has 3 heterocycles. The van der Waals surface area contributed by atoms with Crippen LogP contribution in [-0.4, -0.2) is 31.0 Å². The minimum atomic E-state index is 0.383. The summed E-state index contributed by atoms with van der Waals surface area (Å²) in [6.07, 6.45) is 4.30. The summed E-state index contributed by atoms with van der Waals surface area (Å²) < 4.78 is 2.21. The molecule has 0 spiro atoms. The Morgan fingerprint density at radius 1 is 1.32 bits per heavy atom. The third kappa shape index (κ3) is 2.22. The number of hydrogen-bond acceptors (Lipinski definition) is 3. The topological polar surface area (TPSA) is 49.7 Å². The average Bonchev–Trinajstić information content (AvgIpc) is 3.21. The molecule has 22 heavy (non-hydrogen) atoms. The van der Waals surface area contributed by atoms with Gasteiger partial charge < -0.3 is 9.55 Å². The fourth-order valence-electron chi connectivity index (χ4n) is 3.45. The van der Waals surface area contributed by atoms with Crippen LogP contribution in [0, 0.1) is 6.92 Å². The first-order valence-electron chi connectivity index (χ1n) is 7.88. The highest BCUT2D eigenvalue weighted by atomic mass is 15.2. The predicted molar refractivity (Wildman–Crippen MR) is 86.4 cm³/mol. The second-order valence-electron chi connectivity index (χ2n) is 6.16. The van der Waals surface area contributed by atoms with E-state index in [1.165, 1.54) is 11.9 Å². The van der Waals surface area contributed by atoms with Gasteiger partial charge in [-0.05, 0) is 38.4 Å². The van der Waals surface area contributed by atoms with Gasteiger partial charge in [0.05, 0.1) is 23.6 Å². The van der Waals surface area contributed by atoms with Crippen LogP contribution in [0.1, 0.15) is 36.2 Å². The van der Waals surface area contributed by atoms with Gasteiger partial charge in [0.2, 0.25) is 0 Å². The largest absolute Gasteiger partial charge is 0.345 e. The monoisotopic (exact) mass is 295 g/mol. The number of benzene rings is 1. The summed E-state index contributed by atoms with van der Waals surface area (Å²) in [5, 5.41) is 0. The van der Waals surface area contributed by atoms with E-state index >= 15 is 0 Å². The Labute approximate surface area is 130 Å². The van der Waals surface area contributed by atoms with Crippen LogP contribution in [0.3, 0.4) is 0 Å². The number of hydrogen-bond donors (Lipinski definition) is 1. The molecule has 2 aromatic heterocycles. The third-order valence-electron chi connectivity index (χ3n) is 4.63. The SMILES string of the molecule is Cc1cnc(C2CCCN2Cc2nc3ccccc3n2C)[nH]1. The van der Waals surface area contributed by atoms with Crippen molar-refractivity contribution in [3.05, 3.63) is 47.8 Å². The lowest BCUT2D eigenvalue weighted by atomic mass is 10.2. The molecule has 4 rings (SSSR count). The zero-order valence-corrected chi connectivity index (χ0v) is 13.1. The van der Waals surface area contributed by atoms with Gasteiger partial charge in [-0.25, -0.2) is 9.97 Å². The quantitative estimate of drug-likeness (QED) is 0.808. The molecule has 1 aliphatic rings. The predicted octanol–water partition coefficient (Wildman–Crippen LogP) is 2.94. The number of imidazole rings is 2. The lowest BCUT2D eigenvalue weighted by Gasteiger charge is -2.22. The van der Waals surface area contributed by atoms with Crippen molar-refractivity contribution in [2.75, 3.05) is 6.54 Å². The molecule has 0 saturated carbocycles. The second-order valence-corrected chi connectivity index (χ2v) is 6.16. The maximum absolute atomic E-state index is 4.80. The van der Waals surface area contributed by atoms with Crippen LogP contribution in [0.5, 0.6) is 0 Å². The molecule has 0 bridgehead atoms. The molecule has 5 heteroatoms. The number of nitrogens with zero attached hydrogens (tertiary/aromatic N) is 4. The Morgan fingerprint density at radius 2 is 2.18 bits per heavy atom. The second kappa shape index (κ2) is 5.25. The molecule has 1 aliphatic heterocycles. The van der Waals surface area contributed by atoms with E-state index in [0.29, 0.717) is 6.04 Å². The normalized spacial score (nSPS) is 19.3. The first-order chi connectivity index (χ1) is 10.7. The average molecular weight is 295 g/mol. The molecular weight excluding hydrogens is 274 g/mol. The number of aromatic amines is 1. The Bertz CT molecular complexity index is 800. The highest BCUT2D eigenvalue weighted by Gasteiger charge is 2.29. The van der Waals surface area contributed by atoms with Crippen LogP contribution < -0.4 is 0 Å². The van der Waals surface area contributed by atoms with Gasteiger partial charge in [0.1, 0.15) is 11.6 Å².